The van der Waals surface area contributed by atoms with Crippen molar-refractivity contribution >= 4 is 33.4 Å². The van der Waals surface area contributed by atoms with Crippen molar-refractivity contribution in [2.45, 2.75) is 43.8 Å². The number of carbonyl (C=O) groups excluding carboxylic acids is 2. The van der Waals surface area contributed by atoms with Crippen molar-refractivity contribution in [2.24, 2.45) is 5.16 Å². The van der Waals surface area contributed by atoms with E-state index in [2.05, 4.69) is 20.5 Å². The van der Waals surface area contributed by atoms with Crippen LogP contribution in [0.5, 0.6) is 0 Å². The molecule has 3 N–H and O–H groups in total. The van der Waals surface area contributed by atoms with Gasteiger partial charge in [-0.3, -0.25) is 4.79 Å². The summed E-state index contributed by atoms with van der Waals surface area (Å²) in [5.74, 6) is -0.432. The van der Waals surface area contributed by atoms with Crippen LogP contribution in [0, 0.1) is 0 Å². The van der Waals surface area contributed by atoms with Gasteiger partial charge in [0.05, 0.1) is 10.6 Å². The molecule has 1 unspecified atom stereocenters. The van der Waals surface area contributed by atoms with Crippen LogP contribution in [0.4, 0.5) is 10.5 Å². The number of nitrogens with zero attached hydrogens (tertiary/aromatic N) is 1. The average molecular weight is 489 g/mol. The summed E-state index contributed by atoms with van der Waals surface area (Å²) < 4.78 is 32.7. The highest BCUT2D eigenvalue weighted by Gasteiger charge is 2.29. The molecule has 34 heavy (non-hydrogen) atoms. The summed E-state index contributed by atoms with van der Waals surface area (Å²) in [7, 11) is -3.86. The van der Waals surface area contributed by atoms with E-state index in [1.54, 1.807) is 26.8 Å². The Bertz CT molecular complexity index is 1160. The second kappa shape index (κ2) is 10.7. The van der Waals surface area contributed by atoms with Gasteiger partial charge in [0.2, 0.25) is 16.1 Å². The van der Waals surface area contributed by atoms with E-state index in [4.69, 9.17) is 9.57 Å². The van der Waals surface area contributed by atoms with Crippen LogP contribution in [-0.4, -0.2) is 50.9 Å². The number of hydrogen-bond donors (Lipinski definition) is 3. The molecule has 2 aromatic rings. The number of benzene rings is 2. The number of amides is 2. The molecule has 0 radical (unpaired) electrons. The van der Waals surface area contributed by atoms with Crippen LogP contribution in [0.1, 0.15) is 32.8 Å². The summed E-state index contributed by atoms with van der Waals surface area (Å²) in [4.78, 5) is 29.5. The molecule has 3 rings (SSSR count). The third-order valence-corrected chi connectivity index (χ3v) is 6.02. The summed E-state index contributed by atoms with van der Waals surface area (Å²) in [6, 6.07) is 15.2. The maximum absolute atomic E-state index is 12.6. The lowest BCUT2D eigenvalue weighted by Gasteiger charge is -2.19. The van der Waals surface area contributed by atoms with Crippen LogP contribution in [0.3, 0.4) is 0 Å². The predicted octanol–water partition coefficient (Wildman–Crippen LogP) is 2.62. The first kappa shape index (κ1) is 25.2. The number of ether oxygens (including phenoxy) is 1. The van der Waals surface area contributed by atoms with E-state index in [9.17, 15) is 18.0 Å². The minimum atomic E-state index is -3.86. The number of oxime groups is 1. The molecule has 2 amide bonds. The fourth-order valence-corrected chi connectivity index (χ4v) is 4.11. The van der Waals surface area contributed by atoms with Gasteiger partial charge < -0.3 is 20.2 Å². The first-order valence-corrected chi connectivity index (χ1v) is 12.2. The number of hydrogen-bond acceptors (Lipinski definition) is 7. The zero-order valence-corrected chi connectivity index (χ0v) is 20.0. The van der Waals surface area contributed by atoms with Gasteiger partial charge in [0.1, 0.15) is 5.60 Å². The van der Waals surface area contributed by atoms with Crippen molar-refractivity contribution in [1.82, 2.24) is 10.0 Å². The van der Waals surface area contributed by atoms with Gasteiger partial charge in [-0.2, -0.15) is 0 Å². The Kier molecular flexibility index (Phi) is 7.90. The zero-order chi connectivity index (χ0) is 24.8. The summed E-state index contributed by atoms with van der Waals surface area (Å²) in [5, 5.41) is 9.14. The van der Waals surface area contributed by atoms with Crippen molar-refractivity contribution in [2.75, 3.05) is 18.4 Å². The van der Waals surface area contributed by atoms with Crippen LogP contribution >= 0.6 is 0 Å². The fraction of sp³-hybridized carbons (Fsp3) is 0.348. The lowest BCUT2D eigenvalue weighted by Crippen LogP contribution is -2.37. The van der Waals surface area contributed by atoms with Gasteiger partial charge in [0.25, 0.3) is 5.91 Å². The van der Waals surface area contributed by atoms with Crippen LogP contribution in [0.2, 0.25) is 0 Å². The smallest absolute Gasteiger partial charge is 0.407 e. The molecular formula is C23H28N4O6S. The molecule has 1 aliphatic rings. The van der Waals surface area contributed by atoms with Crippen LogP contribution < -0.4 is 15.4 Å². The quantitative estimate of drug-likeness (QED) is 0.489. The van der Waals surface area contributed by atoms with E-state index < -0.39 is 33.7 Å². The summed E-state index contributed by atoms with van der Waals surface area (Å²) in [6.45, 7) is 5.21. The van der Waals surface area contributed by atoms with Crippen molar-refractivity contribution in [1.29, 1.82) is 0 Å². The number of carbonyl (C=O) groups is 2. The third-order valence-electron chi connectivity index (χ3n) is 4.57. The Morgan fingerprint density at radius 2 is 1.82 bits per heavy atom. The Labute approximate surface area is 198 Å². The van der Waals surface area contributed by atoms with Gasteiger partial charge in [-0.25, -0.2) is 17.9 Å². The van der Waals surface area contributed by atoms with Gasteiger partial charge >= 0.3 is 6.09 Å². The molecule has 2 aromatic carbocycles. The van der Waals surface area contributed by atoms with E-state index in [1.807, 2.05) is 30.3 Å². The number of sulfonamides is 1. The molecule has 1 atom stereocenters. The Hall–Kier alpha value is -3.44. The SMILES string of the molecule is CC(C)(C)OC(=O)NCCNS(=O)(=O)c1cccc(NC(=O)C2CC(c3ccccc3)=NO2)c1. The molecule has 0 bridgehead atoms. The Morgan fingerprint density at radius 1 is 1.09 bits per heavy atom. The fourth-order valence-electron chi connectivity index (χ4n) is 3.03. The summed E-state index contributed by atoms with van der Waals surface area (Å²) in [5.41, 5.74) is 1.20. The second-order valence-corrected chi connectivity index (χ2v) is 10.3. The highest BCUT2D eigenvalue weighted by atomic mass is 32.2. The molecule has 10 nitrogen and oxygen atoms in total. The highest BCUT2D eigenvalue weighted by Crippen LogP contribution is 2.20. The van der Waals surface area contributed by atoms with E-state index in [1.165, 1.54) is 18.2 Å². The highest BCUT2D eigenvalue weighted by molar-refractivity contribution is 7.89. The molecule has 0 fully saturated rings. The Balaban J connectivity index is 1.52. The minimum absolute atomic E-state index is 0.0314. The number of anilines is 1. The van der Waals surface area contributed by atoms with Crippen LogP contribution in [0.15, 0.2) is 64.6 Å². The van der Waals surface area contributed by atoms with Crippen LogP contribution in [0.25, 0.3) is 0 Å². The molecule has 11 heteroatoms. The lowest BCUT2D eigenvalue weighted by atomic mass is 10.0. The minimum Gasteiger partial charge on any atom is -0.444 e. The number of nitrogens with one attached hydrogen (secondary N) is 3. The van der Waals surface area contributed by atoms with Gasteiger partial charge in [0, 0.05) is 25.2 Å². The zero-order valence-electron chi connectivity index (χ0n) is 19.2. The predicted molar refractivity (Wildman–Crippen MR) is 127 cm³/mol. The molecule has 0 spiro atoms. The normalized spacial score (nSPS) is 15.7. The second-order valence-electron chi connectivity index (χ2n) is 8.55. The van der Waals surface area contributed by atoms with Crippen molar-refractivity contribution in [3.63, 3.8) is 0 Å². The Morgan fingerprint density at radius 3 is 2.53 bits per heavy atom. The van der Waals surface area contributed by atoms with Crippen molar-refractivity contribution < 1.29 is 27.6 Å². The molecule has 0 aromatic heterocycles. The molecule has 182 valence electrons. The molecule has 0 saturated carbocycles. The van der Waals surface area contributed by atoms with Gasteiger partial charge in [-0.1, -0.05) is 41.6 Å². The molecule has 0 aliphatic carbocycles. The van der Waals surface area contributed by atoms with Crippen LogP contribution in [-0.2, 0) is 24.4 Å². The van der Waals surface area contributed by atoms with E-state index >= 15 is 0 Å². The average Bonchev–Trinajstić information content (AvgIpc) is 3.27. The van der Waals surface area contributed by atoms with Crippen molar-refractivity contribution in [3.05, 3.63) is 60.2 Å². The third kappa shape index (κ3) is 7.29. The number of rotatable bonds is 8. The van der Waals surface area contributed by atoms with Gasteiger partial charge in [-0.15, -0.1) is 0 Å². The molecular weight excluding hydrogens is 460 g/mol. The first-order chi connectivity index (χ1) is 16.0. The monoisotopic (exact) mass is 488 g/mol. The molecule has 0 saturated heterocycles. The van der Waals surface area contributed by atoms with Gasteiger partial charge in [0.15, 0.2) is 0 Å². The van der Waals surface area contributed by atoms with E-state index in [-0.39, 0.29) is 18.0 Å². The van der Waals surface area contributed by atoms with Gasteiger partial charge in [-0.05, 0) is 44.5 Å². The maximum atomic E-state index is 12.6. The largest absolute Gasteiger partial charge is 0.444 e. The standard InChI is InChI=1S/C23H28N4O6S/c1-23(2,3)32-22(29)24-12-13-25-34(30,31)18-11-7-10-17(14-18)26-21(28)20-15-19(27-33-20)16-8-5-4-6-9-16/h4-11,14,20,25H,12-13,15H2,1-3H3,(H,24,29)(H,26,28). The first-order valence-electron chi connectivity index (χ1n) is 10.7. The lowest BCUT2D eigenvalue weighted by molar-refractivity contribution is -0.125. The topological polar surface area (TPSA) is 135 Å². The van der Waals surface area contributed by atoms with Crippen molar-refractivity contribution in [3.8, 4) is 0 Å². The number of alkyl carbamates (subject to hydrolysis) is 1. The molecule has 1 aliphatic heterocycles. The maximum Gasteiger partial charge on any atom is 0.407 e. The van der Waals surface area contributed by atoms with E-state index in [0.717, 1.165) is 5.56 Å². The molecule has 1 heterocycles. The summed E-state index contributed by atoms with van der Waals surface area (Å²) >= 11 is 0. The summed E-state index contributed by atoms with van der Waals surface area (Å²) in [6.07, 6.45) is -1.14. The van der Waals surface area contributed by atoms with E-state index in [0.29, 0.717) is 17.8 Å².